The molecule has 2 aromatic carbocycles. The number of halogens is 2. The number of nitrogens with one attached hydrogen (secondary N) is 1. The number of phenols is 1. The molecule has 1 amide bonds. The Morgan fingerprint density at radius 1 is 1.13 bits per heavy atom. The molecule has 2 N–H and O–H groups in total. The van der Waals surface area contributed by atoms with Crippen LogP contribution in [0.2, 0.25) is 10.0 Å². The third-order valence-electron chi connectivity index (χ3n) is 3.17. The second kappa shape index (κ2) is 6.86. The van der Waals surface area contributed by atoms with E-state index in [-0.39, 0.29) is 18.7 Å². The van der Waals surface area contributed by atoms with Crippen LogP contribution >= 0.6 is 23.2 Å². The highest BCUT2D eigenvalue weighted by Crippen LogP contribution is 2.29. The van der Waals surface area contributed by atoms with Crippen molar-refractivity contribution in [1.29, 1.82) is 0 Å². The molecule has 0 aliphatic rings. The predicted octanol–water partition coefficient (Wildman–Crippen LogP) is 5.14. The first-order chi connectivity index (χ1) is 10.6. The fraction of sp³-hybridized carbons (Fsp3) is 0.0588. The first kappa shape index (κ1) is 17.1. The number of nitrogens with zero attached hydrogens (tertiary/aromatic N) is 1. The number of aromatic hydroxyl groups is 1. The van der Waals surface area contributed by atoms with Crippen LogP contribution in [0, 0.1) is 0 Å². The van der Waals surface area contributed by atoms with Crippen molar-refractivity contribution in [2.24, 2.45) is 0 Å². The number of benzene rings is 2. The Bertz CT molecular complexity index is 882. The molecule has 4 nitrogen and oxygen atoms in total. The predicted molar refractivity (Wildman–Crippen MR) is 94.6 cm³/mol. The van der Waals surface area contributed by atoms with Gasteiger partial charge in [0.15, 0.2) is 5.75 Å². The van der Waals surface area contributed by atoms with Crippen molar-refractivity contribution in [2.45, 2.75) is 7.43 Å². The summed E-state index contributed by atoms with van der Waals surface area (Å²) in [6, 6.07) is 11.6. The molecule has 23 heavy (non-hydrogen) atoms. The molecule has 0 fully saturated rings. The zero-order valence-electron chi connectivity index (χ0n) is 11.2. The molecule has 1 aromatic heterocycles. The average molecular weight is 349 g/mol. The lowest BCUT2D eigenvalue weighted by atomic mass is 10.1. The number of rotatable bonds is 2. The van der Waals surface area contributed by atoms with E-state index in [4.69, 9.17) is 23.2 Å². The Labute approximate surface area is 143 Å². The van der Waals surface area contributed by atoms with E-state index in [0.29, 0.717) is 21.2 Å². The highest BCUT2D eigenvalue weighted by atomic mass is 35.5. The van der Waals surface area contributed by atoms with Crippen molar-refractivity contribution in [2.75, 3.05) is 5.32 Å². The number of fused-ring (bicyclic) bond motifs is 1. The van der Waals surface area contributed by atoms with Crippen LogP contribution in [0.5, 0.6) is 5.75 Å². The van der Waals surface area contributed by atoms with Crippen LogP contribution < -0.4 is 5.32 Å². The number of amides is 1. The van der Waals surface area contributed by atoms with Crippen LogP contribution in [-0.4, -0.2) is 16.0 Å². The van der Waals surface area contributed by atoms with Crippen molar-refractivity contribution in [1.82, 2.24) is 4.98 Å². The smallest absolute Gasteiger partial charge is 0.259 e. The molecule has 3 aromatic rings. The molecule has 0 bridgehead atoms. The molecule has 0 atom stereocenters. The number of hydrogen-bond acceptors (Lipinski definition) is 3. The van der Waals surface area contributed by atoms with Gasteiger partial charge < -0.3 is 10.4 Å². The van der Waals surface area contributed by atoms with Gasteiger partial charge in [-0.25, -0.2) is 0 Å². The summed E-state index contributed by atoms with van der Waals surface area (Å²) in [5, 5.41) is 14.4. The van der Waals surface area contributed by atoms with E-state index in [1.807, 2.05) is 0 Å². The van der Waals surface area contributed by atoms with Crippen molar-refractivity contribution in [3.63, 3.8) is 0 Å². The number of pyridine rings is 1. The van der Waals surface area contributed by atoms with Crippen molar-refractivity contribution < 1.29 is 9.90 Å². The Balaban J connectivity index is 0.00000192. The first-order valence-corrected chi connectivity index (χ1v) is 7.15. The van der Waals surface area contributed by atoms with Gasteiger partial charge in [-0.2, -0.15) is 0 Å². The van der Waals surface area contributed by atoms with E-state index < -0.39 is 5.91 Å². The largest absolute Gasteiger partial charge is 0.505 e. The molecular weight excluding hydrogens is 335 g/mol. The first-order valence-electron chi connectivity index (χ1n) is 6.39. The van der Waals surface area contributed by atoms with E-state index in [1.165, 1.54) is 6.07 Å². The molecule has 0 unspecified atom stereocenters. The Morgan fingerprint density at radius 3 is 2.65 bits per heavy atom. The average Bonchev–Trinajstić information content (AvgIpc) is 2.50. The molecule has 0 radical (unpaired) electrons. The van der Waals surface area contributed by atoms with Gasteiger partial charge in [-0.1, -0.05) is 42.8 Å². The summed E-state index contributed by atoms with van der Waals surface area (Å²) in [5.41, 5.74) is 0.908. The van der Waals surface area contributed by atoms with E-state index in [2.05, 4.69) is 10.3 Å². The van der Waals surface area contributed by atoms with Gasteiger partial charge in [-0.3, -0.25) is 9.78 Å². The fourth-order valence-corrected chi connectivity index (χ4v) is 2.55. The number of anilines is 1. The molecule has 0 saturated carbocycles. The van der Waals surface area contributed by atoms with Gasteiger partial charge in [0.05, 0.1) is 16.3 Å². The van der Waals surface area contributed by atoms with Crippen LogP contribution in [0.1, 0.15) is 17.8 Å². The molecule has 0 aliphatic carbocycles. The maximum atomic E-state index is 12.3. The van der Waals surface area contributed by atoms with Gasteiger partial charge in [-0.15, -0.1) is 0 Å². The van der Waals surface area contributed by atoms with Crippen LogP contribution in [0.25, 0.3) is 10.9 Å². The lowest BCUT2D eigenvalue weighted by Crippen LogP contribution is -2.12. The molecule has 1 heterocycles. The maximum absolute atomic E-state index is 12.3. The summed E-state index contributed by atoms with van der Waals surface area (Å²) in [7, 11) is 0. The monoisotopic (exact) mass is 348 g/mol. The molecule has 3 rings (SSSR count). The Kier molecular flexibility index (Phi) is 5.08. The zero-order chi connectivity index (χ0) is 15.7. The number of aromatic nitrogens is 1. The summed E-state index contributed by atoms with van der Waals surface area (Å²) < 4.78 is 0. The lowest BCUT2D eigenvalue weighted by molar-refractivity contribution is 0.102. The number of hydrogen-bond donors (Lipinski definition) is 2. The minimum atomic E-state index is -0.478. The van der Waals surface area contributed by atoms with Crippen molar-refractivity contribution >= 4 is 45.7 Å². The molecule has 0 spiro atoms. The number of phenolic OH excluding ortho intramolecular Hbond substituents is 1. The summed E-state index contributed by atoms with van der Waals surface area (Å²) in [4.78, 5) is 16.4. The van der Waals surface area contributed by atoms with Gasteiger partial charge in [0, 0.05) is 16.6 Å². The standard InChI is InChI=1S/C16H10Cl2N2O2.CH4/c17-10-4-6-13(12(18)8-10)20-16(22)11-5-3-9-2-1-7-19-14(9)15(11)21;/h1-8,21H,(H,20,22);1H4. The highest BCUT2D eigenvalue weighted by Gasteiger charge is 2.15. The SMILES string of the molecule is C.O=C(Nc1ccc(Cl)cc1Cl)c1ccc2cccnc2c1O. The van der Waals surface area contributed by atoms with Crippen LogP contribution in [0.3, 0.4) is 0 Å². The van der Waals surface area contributed by atoms with E-state index in [1.54, 1.807) is 42.6 Å². The van der Waals surface area contributed by atoms with Gasteiger partial charge in [-0.05, 0) is 30.3 Å². The van der Waals surface area contributed by atoms with E-state index in [9.17, 15) is 9.90 Å². The molecule has 118 valence electrons. The Hall–Kier alpha value is -2.30. The normalized spacial score (nSPS) is 10.2. The number of carbonyl (C=O) groups excluding carboxylic acids is 1. The van der Waals surface area contributed by atoms with Gasteiger partial charge >= 0.3 is 0 Å². The maximum Gasteiger partial charge on any atom is 0.259 e. The third-order valence-corrected chi connectivity index (χ3v) is 3.72. The summed E-state index contributed by atoms with van der Waals surface area (Å²) in [6.07, 6.45) is 1.56. The molecule has 0 aliphatic heterocycles. The second-order valence-corrected chi connectivity index (χ2v) is 5.46. The number of carbonyl (C=O) groups is 1. The van der Waals surface area contributed by atoms with Crippen LogP contribution in [-0.2, 0) is 0 Å². The molecule has 0 saturated heterocycles. The quantitative estimate of drug-likeness (QED) is 0.674. The van der Waals surface area contributed by atoms with Gasteiger partial charge in [0.25, 0.3) is 5.91 Å². The van der Waals surface area contributed by atoms with E-state index >= 15 is 0 Å². The van der Waals surface area contributed by atoms with Crippen molar-refractivity contribution in [3.8, 4) is 5.75 Å². The summed E-state index contributed by atoms with van der Waals surface area (Å²) in [6.45, 7) is 0. The summed E-state index contributed by atoms with van der Waals surface area (Å²) in [5.74, 6) is -0.644. The van der Waals surface area contributed by atoms with Gasteiger partial charge in [0.2, 0.25) is 0 Å². The van der Waals surface area contributed by atoms with Crippen LogP contribution in [0.4, 0.5) is 5.69 Å². The topological polar surface area (TPSA) is 62.2 Å². The second-order valence-electron chi connectivity index (χ2n) is 4.62. The Morgan fingerprint density at radius 2 is 1.91 bits per heavy atom. The molecule has 6 heteroatoms. The minimum absolute atomic E-state index is 0. The molecular formula is C17H14Cl2N2O2. The highest BCUT2D eigenvalue weighted by molar-refractivity contribution is 6.36. The summed E-state index contributed by atoms with van der Waals surface area (Å²) >= 11 is 11.8. The van der Waals surface area contributed by atoms with Crippen LogP contribution in [0.15, 0.2) is 48.7 Å². The zero-order valence-corrected chi connectivity index (χ0v) is 12.7. The third kappa shape index (κ3) is 3.38. The lowest BCUT2D eigenvalue weighted by Gasteiger charge is -2.10. The minimum Gasteiger partial charge on any atom is -0.505 e. The van der Waals surface area contributed by atoms with E-state index in [0.717, 1.165) is 5.39 Å². The fourth-order valence-electron chi connectivity index (χ4n) is 2.09. The van der Waals surface area contributed by atoms with Gasteiger partial charge in [0.1, 0.15) is 5.52 Å². The van der Waals surface area contributed by atoms with Crippen molar-refractivity contribution in [3.05, 3.63) is 64.3 Å².